The Morgan fingerprint density at radius 2 is 1.13 bits per heavy atom. The van der Waals surface area contributed by atoms with Crippen LogP contribution in [0.2, 0.25) is 0 Å². The molecule has 1 aliphatic heterocycles. The van der Waals surface area contributed by atoms with Crippen molar-refractivity contribution in [1.29, 1.82) is 0 Å². The number of aromatic nitrogens is 1. The van der Waals surface area contributed by atoms with Gasteiger partial charge < -0.3 is 4.98 Å². The molecule has 6 rings (SSSR count). The Bertz CT molecular complexity index is 1450. The predicted octanol–water partition coefficient (Wildman–Crippen LogP) is 7.18. The van der Waals surface area contributed by atoms with Crippen molar-refractivity contribution < 1.29 is 0 Å². The fourth-order valence-electron chi connectivity index (χ4n) is 4.37. The molecule has 0 saturated carbocycles. The van der Waals surface area contributed by atoms with Crippen molar-refractivity contribution in [2.45, 2.75) is 0 Å². The first-order chi connectivity index (χ1) is 15.4. The van der Waals surface area contributed by atoms with E-state index in [-0.39, 0.29) is 0 Å². The van der Waals surface area contributed by atoms with E-state index in [0.717, 1.165) is 28.4 Å². The molecule has 2 nitrogen and oxygen atoms in total. The Balaban J connectivity index is 1.55. The van der Waals surface area contributed by atoms with E-state index in [4.69, 9.17) is 4.99 Å². The average Bonchev–Trinajstić information content (AvgIpc) is 3.40. The van der Waals surface area contributed by atoms with Crippen molar-refractivity contribution in [2.75, 3.05) is 0 Å². The predicted molar refractivity (Wildman–Crippen MR) is 130 cm³/mol. The maximum absolute atomic E-state index is 5.07. The molecule has 0 radical (unpaired) electrons. The molecule has 1 aliphatic rings. The van der Waals surface area contributed by atoms with Crippen LogP contribution in [0.4, 0.5) is 0 Å². The summed E-state index contributed by atoms with van der Waals surface area (Å²) >= 11 is 0. The topological polar surface area (TPSA) is 28.1 Å². The summed E-state index contributed by atoms with van der Waals surface area (Å²) in [6.07, 6.45) is 2.18. The fraction of sp³-hybridized carbons (Fsp3) is 0. The molecule has 0 bridgehead atoms. The number of aliphatic imine (C=N–C) groups is 1. The van der Waals surface area contributed by atoms with Gasteiger partial charge in [0.2, 0.25) is 0 Å². The molecule has 2 heterocycles. The third-order valence-electron chi connectivity index (χ3n) is 5.83. The second kappa shape index (κ2) is 7.26. The summed E-state index contributed by atoms with van der Waals surface area (Å²) in [5.41, 5.74) is 8.91. The molecule has 0 spiro atoms. The van der Waals surface area contributed by atoms with Crippen LogP contribution < -0.4 is 0 Å². The highest BCUT2D eigenvalue weighted by atomic mass is 14.8. The van der Waals surface area contributed by atoms with Crippen LogP contribution >= 0.6 is 0 Å². The number of H-pyrrole nitrogens is 1. The Labute approximate surface area is 181 Å². The quantitative estimate of drug-likeness (QED) is 0.334. The van der Waals surface area contributed by atoms with Gasteiger partial charge in [-0.05, 0) is 11.6 Å². The minimum absolute atomic E-state index is 0.987. The molecule has 4 aromatic carbocycles. The number of benzene rings is 4. The molecule has 31 heavy (non-hydrogen) atoms. The SMILES string of the molecule is C(=C1N=C(c2ccccc2)c2ccccc21)c1[nH]c(-c2ccccc2)c2ccccc12. The van der Waals surface area contributed by atoms with Crippen LogP contribution in [0.5, 0.6) is 0 Å². The standard InChI is InChI=1S/C29H20N2/c1-3-11-20(12-4-1)28-24-17-9-7-15-22(24)26(30-28)19-27-23-16-8-10-18-25(23)29(31-27)21-13-5-2-6-14-21/h1-19,30H. The van der Waals surface area contributed by atoms with Crippen molar-refractivity contribution in [3.63, 3.8) is 0 Å². The van der Waals surface area contributed by atoms with Crippen molar-refractivity contribution in [3.05, 3.63) is 132 Å². The van der Waals surface area contributed by atoms with Crippen LogP contribution in [-0.2, 0) is 0 Å². The summed E-state index contributed by atoms with van der Waals surface area (Å²) in [5.74, 6) is 0. The van der Waals surface area contributed by atoms with E-state index >= 15 is 0 Å². The number of nitrogens with one attached hydrogen (secondary N) is 1. The van der Waals surface area contributed by atoms with Crippen LogP contribution in [-0.4, -0.2) is 10.7 Å². The summed E-state index contributed by atoms with van der Waals surface area (Å²) in [5, 5.41) is 2.42. The largest absolute Gasteiger partial charge is 0.354 e. The number of rotatable bonds is 3. The Morgan fingerprint density at radius 3 is 1.87 bits per heavy atom. The molecule has 0 unspecified atom stereocenters. The molecule has 0 amide bonds. The lowest BCUT2D eigenvalue weighted by molar-refractivity contribution is 1.38. The minimum atomic E-state index is 0.987. The molecule has 0 saturated heterocycles. The van der Waals surface area contributed by atoms with Crippen molar-refractivity contribution in [2.24, 2.45) is 4.99 Å². The first-order valence-corrected chi connectivity index (χ1v) is 10.5. The minimum Gasteiger partial charge on any atom is -0.354 e. The fourth-order valence-corrected chi connectivity index (χ4v) is 4.37. The van der Waals surface area contributed by atoms with Gasteiger partial charge in [0.15, 0.2) is 0 Å². The van der Waals surface area contributed by atoms with E-state index < -0.39 is 0 Å². The molecular formula is C29H20N2. The van der Waals surface area contributed by atoms with E-state index in [2.05, 4.69) is 108 Å². The van der Waals surface area contributed by atoms with Gasteiger partial charge in [-0.15, -0.1) is 0 Å². The Kier molecular flexibility index (Phi) is 4.14. The van der Waals surface area contributed by atoms with Gasteiger partial charge in [-0.2, -0.15) is 0 Å². The summed E-state index contributed by atoms with van der Waals surface area (Å²) in [7, 11) is 0. The van der Waals surface area contributed by atoms with Gasteiger partial charge in [0.1, 0.15) is 0 Å². The molecule has 2 heteroatoms. The summed E-state index contributed by atoms with van der Waals surface area (Å²) < 4.78 is 0. The Hall–Kier alpha value is -4.17. The van der Waals surface area contributed by atoms with Gasteiger partial charge in [-0.25, -0.2) is 4.99 Å². The lowest BCUT2D eigenvalue weighted by atomic mass is 9.99. The molecule has 146 valence electrons. The van der Waals surface area contributed by atoms with E-state index in [1.807, 2.05) is 12.1 Å². The molecular weight excluding hydrogens is 376 g/mol. The highest BCUT2D eigenvalue weighted by Crippen LogP contribution is 2.36. The monoisotopic (exact) mass is 396 g/mol. The van der Waals surface area contributed by atoms with Gasteiger partial charge in [0.05, 0.1) is 17.1 Å². The summed E-state index contributed by atoms with van der Waals surface area (Å²) in [4.78, 5) is 8.74. The Morgan fingerprint density at radius 1 is 0.548 bits per heavy atom. The summed E-state index contributed by atoms with van der Waals surface area (Å²) in [6, 6.07) is 37.9. The van der Waals surface area contributed by atoms with Crippen LogP contribution in [0.25, 0.3) is 33.8 Å². The average molecular weight is 396 g/mol. The second-order valence-corrected chi connectivity index (χ2v) is 7.73. The molecule has 0 aliphatic carbocycles. The highest BCUT2D eigenvalue weighted by molar-refractivity contribution is 6.21. The highest BCUT2D eigenvalue weighted by Gasteiger charge is 2.21. The number of hydrogen-bond donors (Lipinski definition) is 1. The van der Waals surface area contributed by atoms with Gasteiger partial charge >= 0.3 is 0 Å². The maximum atomic E-state index is 5.07. The lowest BCUT2D eigenvalue weighted by Gasteiger charge is -2.02. The van der Waals surface area contributed by atoms with Crippen molar-refractivity contribution >= 4 is 28.3 Å². The van der Waals surface area contributed by atoms with Gasteiger partial charge in [-0.3, -0.25) is 0 Å². The second-order valence-electron chi connectivity index (χ2n) is 7.73. The summed E-state index contributed by atoms with van der Waals surface area (Å²) in [6.45, 7) is 0. The van der Waals surface area contributed by atoms with Gasteiger partial charge in [0, 0.05) is 33.2 Å². The molecule has 0 fully saturated rings. The van der Waals surface area contributed by atoms with E-state index in [1.165, 1.54) is 27.5 Å². The van der Waals surface area contributed by atoms with E-state index in [1.54, 1.807) is 0 Å². The first-order valence-electron chi connectivity index (χ1n) is 10.5. The van der Waals surface area contributed by atoms with E-state index in [9.17, 15) is 0 Å². The first kappa shape index (κ1) is 17.7. The molecule has 1 N–H and O–H groups in total. The van der Waals surface area contributed by atoms with Crippen molar-refractivity contribution in [1.82, 2.24) is 4.98 Å². The third-order valence-corrected chi connectivity index (χ3v) is 5.83. The van der Waals surface area contributed by atoms with Crippen LogP contribution in [0, 0.1) is 0 Å². The van der Waals surface area contributed by atoms with E-state index in [0.29, 0.717) is 0 Å². The van der Waals surface area contributed by atoms with Crippen LogP contribution in [0.3, 0.4) is 0 Å². The van der Waals surface area contributed by atoms with Crippen LogP contribution in [0.15, 0.2) is 114 Å². The lowest BCUT2D eigenvalue weighted by Crippen LogP contribution is -1.99. The number of hydrogen-bond acceptors (Lipinski definition) is 1. The number of fused-ring (bicyclic) bond motifs is 2. The van der Waals surface area contributed by atoms with Crippen LogP contribution in [0.1, 0.15) is 22.4 Å². The zero-order chi connectivity index (χ0) is 20.6. The zero-order valence-electron chi connectivity index (χ0n) is 16.9. The number of nitrogens with zero attached hydrogens (tertiary/aromatic N) is 1. The van der Waals surface area contributed by atoms with Crippen molar-refractivity contribution in [3.8, 4) is 11.3 Å². The van der Waals surface area contributed by atoms with Gasteiger partial charge in [0.25, 0.3) is 0 Å². The molecule has 5 aromatic rings. The van der Waals surface area contributed by atoms with Gasteiger partial charge in [-0.1, -0.05) is 109 Å². The smallest absolute Gasteiger partial charge is 0.0788 e. The zero-order valence-corrected chi connectivity index (χ0v) is 16.9. The molecule has 0 atom stereocenters. The number of aromatic amines is 1. The normalized spacial score (nSPS) is 14.1. The molecule has 1 aromatic heterocycles. The maximum Gasteiger partial charge on any atom is 0.0788 e. The third kappa shape index (κ3) is 3.01.